The van der Waals surface area contributed by atoms with E-state index in [4.69, 9.17) is 4.98 Å². The van der Waals surface area contributed by atoms with E-state index in [1.807, 2.05) is 0 Å². The van der Waals surface area contributed by atoms with Gasteiger partial charge in [0, 0.05) is 38.5 Å². The van der Waals surface area contributed by atoms with Crippen LogP contribution in [0.1, 0.15) is 0 Å². The molecule has 0 radical (unpaired) electrons. The summed E-state index contributed by atoms with van der Waals surface area (Å²) in [4.78, 5) is 5.16. The highest BCUT2D eigenvalue weighted by molar-refractivity contribution is 7.21. The van der Waals surface area contributed by atoms with E-state index in [-0.39, 0.29) is 0 Å². The summed E-state index contributed by atoms with van der Waals surface area (Å²) < 4.78 is 5.98. The fourth-order valence-corrected chi connectivity index (χ4v) is 10.7. The van der Waals surface area contributed by atoms with Gasteiger partial charge in [0.25, 0.3) is 0 Å². The van der Waals surface area contributed by atoms with Gasteiger partial charge in [0.2, 0.25) is 0 Å². The molecule has 0 aliphatic rings. The predicted molar refractivity (Wildman–Crippen MR) is 252 cm³/mol. The van der Waals surface area contributed by atoms with Gasteiger partial charge >= 0.3 is 0 Å². The Balaban J connectivity index is 0.919. The maximum atomic E-state index is 5.16. The van der Waals surface area contributed by atoms with Gasteiger partial charge in [0.1, 0.15) is 5.01 Å². The third-order valence-corrected chi connectivity index (χ3v) is 13.4. The molecule has 0 amide bonds. The number of hydrogen-bond acceptors (Lipinski definition) is 2. The van der Waals surface area contributed by atoms with Crippen LogP contribution in [0.15, 0.2) is 200 Å². The minimum Gasteiger partial charge on any atom is -0.309 e. The van der Waals surface area contributed by atoms with E-state index in [9.17, 15) is 0 Å². The first-order chi connectivity index (χ1) is 29.2. The summed E-state index contributed by atoms with van der Waals surface area (Å²) in [6, 6.07) is 73.2. The number of benzene rings is 10. The number of thiazole rings is 1. The highest BCUT2D eigenvalue weighted by Gasteiger charge is 2.18. The van der Waals surface area contributed by atoms with Crippen LogP contribution in [0.4, 0.5) is 0 Å². The van der Waals surface area contributed by atoms with E-state index in [0.717, 1.165) is 21.8 Å². The summed E-state index contributed by atoms with van der Waals surface area (Å²) in [5.74, 6) is 0. The molecule has 10 aromatic carbocycles. The van der Waals surface area contributed by atoms with Crippen LogP contribution in [0.2, 0.25) is 0 Å². The Hall–Kier alpha value is -7.53. The highest BCUT2D eigenvalue weighted by Crippen LogP contribution is 2.41. The Kier molecular flexibility index (Phi) is 6.89. The van der Waals surface area contributed by atoms with Gasteiger partial charge in [-0.3, -0.25) is 0 Å². The average molecular weight is 768 g/mol. The van der Waals surface area contributed by atoms with Crippen LogP contribution >= 0.6 is 11.3 Å². The highest BCUT2D eigenvalue weighted by atomic mass is 32.1. The summed E-state index contributed by atoms with van der Waals surface area (Å²) in [6.07, 6.45) is 0. The van der Waals surface area contributed by atoms with Crippen molar-refractivity contribution in [2.75, 3.05) is 0 Å². The third-order valence-electron chi connectivity index (χ3n) is 12.3. The van der Waals surface area contributed by atoms with Gasteiger partial charge in [-0.1, -0.05) is 121 Å². The quantitative estimate of drug-likeness (QED) is 0.164. The molecular weight excluding hydrogens is 735 g/mol. The molecule has 0 spiro atoms. The first-order valence-corrected chi connectivity index (χ1v) is 20.9. The smallest absolute Gasteiger partial charge is 0.124 e. The second-order valence-corrected chi connectivity index (χ2v) is 16.6. The Morgan fingerprint density at radius 1 is 0.305 bits per heavy atom. The Morgan fingerprint density at radius 3 is 1.44 bits per heavy atom. The zero-order chi connectivity index (χ0) is 38.6. The van der Waals surface area contributed by atoms with Crippen molar-refractivity contribution >= 4 is 97.5 Å². The topological polar surface area (TPSA) is 22.8 Å². The molecule has 13 aromatic rings. The van der Waals surface area contributed by atoms with E-state index in [1.165, 1.54) is 97.4 Å². The zero-order valence-electron chi connectivity index (χ0n) is 31.8. The summed E-state index contributed by atoms with van der Waals surface area (Å²) in [6.45, 7) is 0. The van der Waals surface area contributed by atoms with Gasteiger partial charge in [0.15, 0.2) is 0 Å². The molecule has 0 atom stereocenters. The number of rotatable bonds is 4. The summed E-state index contributed by atoms with van der Waals surface area (Å²) in [5.41, 5.74) is 11.7. The van der Waals surface area contributed by atoms with E-state index < -0.39 is 0 Å². The van der Waals surface area contributed by atoms with Crippen LogP contribution in [0.5, 0.6) is 0 Å². The predicted octanol–water partition coefficient (Wildman–Crippen LogP) is 15.3. The van der Waals surface area contributed by atoms with Crippen LogP contribution in [0, 0.1) is 0 Å². The molecule has 0 saturated carbocycles. The third kappa shape index (κ3) is 4.84. The standard InChI is InChI=1S/C55H33N3S/c1-2-12-37(13-3-1)57-50-20-10-8-19-45(50)48-31-36(24-29-52(48)57)55-56-49-27-22-35(32-54(49)59-55)34-23-28-53-47(30-34)44-18-9-11-21-51(44)58(53)38-25-26-43-41-16-5-4-14-39(41)40-15-6-7-17-42(40)46(43)33-38/h1-33H. The number of fused-ring (bicyclic) bond motifs is 13. The van der Waals surface area contributed by atoms with Crippen molar-refractivity contribution < 1.29 is 0 Å². The van der Waals surface area contributed by atoms with Crippen LogP contribution in [-0.2, 0) is 0 Å². The molecule has 0 aliphatic carbocycles. The van der Waals surface area contributed by atoms with Gasteiger partial charge in [-0.05, 0) is 122 Å². The average Bonchev–Trinajstić information content (AvgIpc) is 3.99. The van der Waals surface area contributed by atoms with Gasteiger partial charge in [-0.2, -0.15) is 0 Å². The molecule has 0 saturated heterocycles. The van der Waals surface area contributed by atoms with Gasteiger partial charge in [0.05, 0.1) is 32.3 Å². The molecule has 3 heterocycles. The van der Waals surface area contributed by atoms with E-state index in [1.54, 1.807) is 11.3 Å². The van der Waals surface area contributed by atoms with E-state index in [2.05, 4.69) is 209 Å². The molecule has 4 heteroatoms. The molecule has 0 fully saturated rings. The first-order valence-electron chi connectivity index (χ1n) is 20.1. The second-order valence-electron chi connectivity index (χ2n) is 15.5. The van der Waals surface area contributed by atoms with Crippen molar-refractivity contribution in [3.8, 4) is 33.1 Å². The molecule has 3 aromatic heterocycles. The van der Waals surface area contributed by atoms with Gasteiger partial charge < -0.3 is 9.13 Å². The van der Waals surface area contributed by atoms with Crippen molar-refractivity contribution in [3.05, 3.63) is 200 Å². The lowest BCUT2D eigenvalue weighted by atomic mass is 9.94. The van der Waals surface area contributed by atoms with Crippen molar-refractivity contribution in [2.24, 2.45) is 0 Å². The number of nitrogens with zero attached hydrogens (tertiary/aromatic N) is 3. The van der Waals surface area contributed by atoms with Crippen LogP contribution in [0.25, 0.3) is 119 Å². The minimum absolute atomic E-state index is 1.02. The molecule has 0 N–H and O–H groups in total. The van der Waals surface area contributed by atoms with Crippen LogP contribution < -0.4 is 0 Å². The molecule has 13 rings (SSSR count). The largest absolute Gasteiger partial charge is 0.309 e. The maximum absolute atomic E-state index is 5.16. The first kappa shape index (κ1) is 32.5. The Labute approximate surface area is 343 Å². The number of aromatic nitrogens is 3. The fraction of sp³-hybridized carbons (Fsp3) is 0. The van der Waals surface area contributed by atoms with Crippen LogP contribution in [0.3, 0.4) is 0 Å². The molecular formula is C55H33N3S. The molecule has 3 nitrogen and oxygen atoms in total. The van der Waals surface area contributed by atoms with Crippen molar-refractivity contribution in [1.82, 2.24) is 14.1 Å². The van der Waals surface area contributed by atoms with E-state index in [0.29, 0.717) is 0 Å². The monoisotopic (exact) mass is 767 g/mol. The van der Waals surface area contributed by atoms with Crippen molar-refractivity contribution in [3.63, 3.8) is 0 Å². The molecule has 59 heavy (non-hydrogen) atoms. The van der Waals surface area contributed by atoms with Gasteiger partial charge in [-0.15, -0.1) is 11.3 Å². The number of para-hydroxylation sites is 3. The lowest BCUT2D eigenvalue weighted by Gasteiger charge is -2.14. The van der Waals surface area contributed by atoms with Crippen molar-refractivity contribution in [1.29, 1.82) is 0 Å². The lowest BCUT2D eigenvalue weighted by molar-refractivity contribution is 1.18. The number of hydrogen-bond donors (Lipinski definition) is 0. The minimum atomic E-state index is 1.02. The summed E-state index contributed by atoms with van der Waals surface area (Å²) in [7, 11) is 0. The molecule has 0 aliphatic heterocycles. The SMILES string of the molecule is c1ccc(-n2c3ccccc3c3cc(-c4nc5ccc(-c6ccc7c(c6)c6ccccc6n7-c6ccc7c8ccccc8c8ccccc8c7c6)cc5s4)ccc32)cc1. The van der Waals surface area contributed by atoms with Crippen LogP contribution in [-0.4, -0.2) is 14.1 Å². The lowest BCUT2D eigenvalue weighted by Crippen LogP contribution is -1.94. The van der Waals surface area contributed by atoms with Crippen molar-refractivity contribution in [2.45, 2.75) is 0 Å². The molecule has 0 bridgehead atoms. The van der Waals surface area contributed by atoms with Gasteiger partial charge in [-0.25, -0.2) is 4.98 Å². The van der Waals surface area contributed by atoms with E-state index >= 15 is 0 Å². The molecule has 274 valence electrons. The zero-order valence-corrected chi connectivity index (χ0v) is 32.6. The Morgan fingerprint density at radius 2 is 0.780 bits per heavy atom. The molecule has 0 unspecified atom stereocenters. The maximum Gasteiger partial charge on any atom is 0.124 e. The normalized spacial score (nSPS) is 12.1. The Bertz CT molecular complexity index is 3810. The summed E-state index contributed by atoms with van der Waals surface area (Å²) >= 11 is 1.76. The summed E-state index contributed by atoms with van der Waals surface area (Å²) in [5, 5.41) is 13.7. The fourth-order valence-electron chi connectivity index (χ4n) is 9.65. The second kappa shape index (κ2) is 12.5.